The number of nitrogens with two attached hydrogens (primary N) is 1. The van der Waals surface area contributed by atoms with Crippen LogP contribution in [0.25, 0.3) is 0 Å². The summed E-state index contributed by atoms with van der Waals surface area (Å²) < 4.78 is 0. The highest BCUT2D eigenvalue weighted by Gasteiger charge is 2.20. The van der Waals surface area contributed by atoms with Crippen LogP contribution in [0, 0.1) is 0 Å². The Kier molecular flexibility index (Phi) is 3.72. The summed E-state index contributed by atoms with van der Waals surface area (Å²) in [6.07, 6.45) is 0.907. The predicted molar refractivity (Wildman–Crippen MR) is 65.8 cm³/mol. The van der Waals surface area contributed by atoms with E-state index >= 15 is 0 Å². The highest BCUT2D eigenvalue weighted by molar-refractivity contribution is 7.15. The summed E-state index contributed by atoms with van der Waals surface area (Å²) in [4.78, 5) is 19.2. The summed E-state index contributed by atoms with van der Waals surface area (Å²) in [6, 6.07) is -0.890. The van der Waals surface area contributed by atoms with Crippen molar-refractivity contribution in [3.05, 3.63) is 10.6 Å². The van der Waals surface area contributed by atoms with Gasteiger partial charge >= 0.3 is 0 Å². The first-order chi connectivity index (χ1) is 8.10. The van der Waals surface area contributed by atoms with E-state index in [2.05, 4.69) is 22.2 Å². The third-order valence-corrected chi connectivity index (χ3v) is 3.68. The number of carbonyl (C=O) groups is 1. The number of likely N-dealkylation sites (N-methyl/N-ethyl adjacent to an activating group) is 1. The number of nitrogens with one attached hydrogen (secondary N) is 1. The number of carbonyl (C=O) groups excluding carboxylic acids is 1. The maximum absolute atomic E-state index is 11.5. The smallest absolute Gasteiger partial charge is 0.245 e. The number of amides is 1. The Morgan fingerprint density at radius 1 is 1.76 bits per heavy atom. The second-order valence-corrected chi connectivity index (χ2v) is 5.24. The van der Waals surface area contributed by atoms with E-state index in [1.54, 1.807) is 0 Å². The lowest BCUT2D eigenvalue weighted by atomic mass is 10.2. The first-order valence-corrected chi connectivity index (χ1v) is 6.26. The van der Waals surface area contributed by atoms with Gasteiger partial charge in [0.1, 0.15) is 6.04 Å². The quantitative estimate of drug-likeness (QED) is 0.671. The van der Waals surface area contributed by atoms with Crippen molar-refractivity contribution in [2.75, 3.05) is 25.5 Å². The molecule has 1 aromatic rings. The summed E-state index contributed by atoms with van der Waals surface area (Å²) in [6.45, 7) is 1.49. The molecule has 0 aliphatic carbocycles. The van der Waals surface area contributed by atoms with Crippen LogP contribution < -0.4 is 11.1 Å². The van der Waals surface area contributed by atoms with Gasteiger partial charge in [-0.05, 0) is 7.05 Å². The van der Waals surface area contributed by atoms with E-state index in [4.69, 9.17) is 10.8 Å². The van der Waals surface area contributed by atoms with Crippen LogP contribution in [0.1, 0.15) is 10.6 Å². The van der Waals surface area contributed by atoms with Gasteiger partial charge in [-0.15, -0.1) is 11.3 Å². The van der Waals surface area contributed by atoms with E-state index in [9.17, 15) is 4.79 Å². The van der Waals surface area contributed by atoms with Crippen LogP contribution in [0.4, 0.5) is 5.13 Å². The van der Waals surface area contributed by atoms with Crippen molar-refractivity contribution >= 4 is 22.4 Å². The van der Waals surface area contributed by atoms with E-state index in [0.29, 0.717) is 5.13 Å². The van der Waals surface area contributed by atoms with Crippen LogP contribution in [0.15, 0.2) is 0 Å². The molecule has 1 unspecified atom stereocenters. The minimum atomic E-state index is -0.890. The molecule has 1 amide bonds. The fraction of sp³-hybridized carbons (Fsp3) is 0.600. The van der Waals surface area contributed by atoms with Crippen LogP contribution in [-0.2, 0) is 17.8 Å². The predicted octanol–water partition coefficient (Wildman–Crippen LogP) is -0.611. The molecule has 1 aromatic heterocycles. The van der Waals surface area contributed by atoms with Gasteiger partial charge in [-0.25, -0.2) is 4.98 Å². The van der Waals surface area contributed by atoms with Gasteiger partial charge in [0.15, 0.2) is 5.13 Å². The SMILES string of the molecule is CN1CCc2nc(NC(=O)C(N)CO)sc2C1. The van der Waals surface area contributed by atoms with Gasteiger partial charge < -0.3 is 21.1 Å². The Morgan fingerprint density at radius 2 is 2.53 bits per heavy atom. The lowest BCUT2D eigenvalue weighted by molar-refractivity contribution is -0.118. The summed E-state index contributed by atoms with van der Waals surface area (Å²) in [5.74, 6) is -0.396. The van der Waals surface area contributed by atoms with Crippen LogP contribution in [0.3, 0.4) is 0 Å². The summed E-state index contributed by atoms with van der Waals surface area (Å²) >= 11 is 1.47. The van der Waals surface area contributed by atoms with Crippen molar-refractivity contribution in [1.82, 2.24) is 9.88 Å². The number of rotatable bonds is 3. The Labute approximate surface area is 103 Å². The number of fused-ring (bicyclic) bond motifs is 1. The maximum Gasteiger partial charge on any atom is 0.245 e. The van der Waals surface area contributed by atoms with Gasteiger partial charge in [0.25, 0.3) is 0 Å². The molecule has 0 saturated carbocycles. The minimum Gasteiger partial charge on any atom is -0.394 e. The topological polar surface area (TPSA) is 91.5 Å². The number of aromatic nitrogens is 1. The average molecular weight is 256 g/mol. The zero-order chi connectivity index (χ0) is 12.4. The van der Waals surface area contributed by atoms with Crippen LogP contribution in [-0.4, -0.2) is 47.1 Å². The molecule has 4 N–H and O–H groups in total. The Morgan fingerprint density at radius 3 is 3.24 bits per heavy atom. The third-order valence-electron chi connectivity index (χ3n) is 2.69. The second kappa shape index (κ2) is 5.09. The summed E-state index contributed by atoms with van der Waals surface area (Å²) in [5, 5.41) is 12.0. The Bertz CT molecular complexity index is 420. The molecule has 1 atom stereocenters. The monoisotopic (exact) mass is 256 g/mol. The van der Waals surface area contributed by atoms with Crippen LogP contribution in [0.2, 0.25) is 0 Å². The lowest BCUT2D eigenvalue weighted by Crippen LogP contribution is -2.38. The molecule has 1 aliphatic heterocycles. The molecule has 0 saturated heterocycles. The van der Waals surface area contributed by atoms with Gasteiger partial charge in [-0.1, -0.05) is 0 Å². The molecular weight excluding hydrogens is 240 g/mol. The van der Waals surface area contributed by atoms with Crippen molar-refractivity contribution in [3.8, 4) is 0 Å². The van der Waals surface area contributed by atoms with Crippen molar-refractivity contribution in [2.24, 2.45) is 5.73 Å². The van der Waals surface area contributed by atoms with E-state index in [-0.39, 0.29) is 6.61 Å². The molecule has 17 heavy (non-hydrogen) atoms. The minimum absolute atomic E-state index is 0.361. The second-order valence-electron chi connectivity index (χ2n) is 4.15. The molecule has 2 rings (SSSR count). The van der Waals surface area contributed by atoms with Crippen molar-refractivity contribution < 1.29 is 9.90 Å². The molecular formula is C10H16N4O2S. The van der Waals surface area contributed by atoms with Crippen molar-refractivity contribution in [3.63, 3.8) is 0 Å². The number of hydrogen-bond donors (Lipinski definition) is 3. The number of hydrogen-bond acceptors (Lipinski definition) is 6. The van der Waals surface area contributed by atoms with Crippen molar-refractivity contribution in [2.45, 2.75) is 19.0 Å². The van der Waals surface area contributed by atoms with Gasteiger partial charge in [-0.2, -0.15) is 0 Å². The number of anilines is 1. The molecule has 0 radical (unpaired) electrons. The molecule has 7 heteroatoms. The first kappa shape index (κ1) is 12.4. The highest BCUT2D eigenvalue weighted by Crippen LogP contribution is 2.27. The van der Waals surface area contributed by atoms with Gasteiger partial charge in [-0.3, -0.25) is 4.79 Å². The largest absolute Gasteiger partial charge is 0.394 e. The van der Waals surface area contributed by atoms with E-state index in [1.807, 2.05) is 0 Å². The maximum atomic E-state index is 11.5. The van der Waals surface area contributed by atoms with Crippen LogP contribution in [0.5, 0.6) is 0 Å². The fourth-order valence-electron chi connectivity index (χ4n) is 1.66. The summed E-state index contributed by atoms with van der Waals surface area (Å²) in [5.41, 5.74) is 6.47. The third kappa shape index (κ3) is 2.81. The highest BCUT2D eigenvalue weighted by atomic mass is 32.1. The van der Waals surface area contributed by atoms with Crippen molar-refractivity contribution in [1.29, 1.82) is 0 Å². The molecule has 6 nitrogen and oxygen atoms in total. The molecule has 1 aliphatic rings. The van der Waals surface area contributed by atoms with Crippen LogP contribution >= 0.6 is 11.3 Å². The number of aliphatic hydroxyl groups is 1. The zero-order valence-electron chi connectivity index (χ0n) is 9.64. The van der Waals surface area contributed by atoms with E-state index < -0.39 is 11.9 Å². The average Bonchev–Trinajstić information content (AvgIpc) is 2.69. The zero-order valence-corrected chi connectivity index (χ0v) is 10.5. The number of nitrogens with zero attached hydrogens (tertiary/aromatic N) is 2. The Hall–Kier alpha value is -1.02. The molecule has 0 spiro atoms. The first-order valence-electron chi connectivity index (χ1n) is 5.44. The molecule has 2 heterocycles. The molecule has 94 valence electrons. The molecule has 0 bridgehead atoms. The number of thiazole rings is 1. The Balaban J connectivity index is 2.06. The molecule has 0 aromatic carbocycles. The normalized spacial score (nSPS) is 17.6. The summed E-state index contributed by atoms with van der Waals surface area (Å²) in [7, 11) is 2.06. The standard InChI is InChI=1S/C10H16N4O2S/c1-14-3-2-7-8(4-14)17-10(12-7)13-9(16)6(11)5-15/h6,15H,2-5,11H2,1H3,(H,12,13,16). The lowest BCUT2D eigenvalue weighted by Gasteiger charge is -2.20. The van der Waals surface area contributed by atoms with E-state index in [1.165, 1.54) is 16.2 Å². The molecule has 0 fully saturated rings. The van der Waals surface area contributed by atoms with Gasteiger partial charge in [0.05, 0.1) is 12.3 Å². The fourth-order valence-corrected chi connectivity index (χ4v) is 2.75. The van der Waals surface area contributed by atoms with E-state index in [0.717, 1.165) is 25.2 Å². The van der Waals surface area contributed by atoms with Gasteiger partial charge in [0, 0.05) is 24.4 Å². The van der Waals surface area contributed by atoms with Gasteiger partial charge in [0.2, 0.25) is 5.91 Å². The number of aliphatic hydroxyl groups excluding tert-OH is 1.